The maximum atomic E-state index is 11.9. The van der Waals surface area contributed by atoms with Gasteiger partial charge in [0.05, 0.1) is 11.9 Å². The third-order valence-corrected chi connectivity index (χ3v) is 3.43. The van der Waals surface area contributed by atoms with Crippen LogP contribution in [0.3, 0.4) is 0 Å². The van der Waals surface area contributed by atoms with Crippen LogP contribution in [0.15, 0.2) is 41.8 Å². The van der Waals surface area contributed by atoms with E-state index in [4.69, 9.17) is 0 Å². The molecule has 7 heteroatoms. The molecule has 1 aromatic heterocycles. The van der Waals surface area contributed by atoms with Gasteiger partial charge < -0.3 is 4.83 Å². The van der Waals surface area contributed by atoms with Gasteiger partial charge in [-0.3, -0.25) is 4.68 Å². The molecule has 0 saturated heterocycles. The first-order valence-corrected chi connectivity index (χ1v) is 6.36. The Morgan fingerprint density at radius 2 is 1.94 bits per heavy atom. The molecule has 0 fully saturated rings. The average molecular weight is 252 g/mol. The van der Waals surface area contributed by atoms with E-state index in [0.29, 0.717) is 0 Å². The summed E-state index contributed by atoms with van der Waals surface area (Å²) in [5.74, 6) is 0. The van der Waals surface area contributed by atoms with E-state index >= 15 is 0 Å². The van der Waals surface area contributed by atoms with E-state index in [1.165, 1.54) is 29.5 Å². The van der Waals surface area contributed by atoms with Gasteiger partial charge >= 0.3 is 0 Å². The molecule has 0 saturated carbocycles. The van der Waals surface area contributed by atoms with Gasteiger partial charge in [-0.2, -0.15) is 0 Å². The SMILES string of the molecule is Cc1ccc(S(=O)(=O)[N-][n+]2cnn(C)c2)cc1. The number of aromatic nitrogens is 3. The largest absolute Gasteiger partial charge is 0.439 e. The third kappa shape index (κ3) is 2.62. The summed E-state index contributed by atoms with van der Waals surface area (Å²) in [6.45, 7) is 1.89. The van der Waals surface area contributed by atoms with Crippen molar-refractivity contribution < 1.29 is 13.1 Å². The lowest BCUT2D eigenvalue weighted by molar-refractivity contribution is -0.614. The van der Waals surface area contributed by atoms with Crippen LogP contribution < -0.4 is 4.68 Å². The summed E-state index contributed by atoms with van der Waals surface area (Å²) in [5, 5.41) is 3.83. The maximum Gasteiger partial charge on any atom is 0.255 e. The monoisotopic (exact) mass is 252 g/mol. The maximum absolute atomic E-state index is 11.9. The standard InChI is InChI=1S/C10H12N4O2S/c1-9-3-5-10(6-4-9)17(15,16)12-14-7-11-13(2)8-14/h3-8H,1-2H3. The van der Waals surface area contributed by atoms with E-state index in [1.807, 2.05) is 6.92 Å². The zero-order valence-electron chi connectivity index (χ0n) is 9.48. The molecule has 90 valence electrons. The van der Waals surface area contributed by atoms with Gasteiger partial charge in [-0.25, -0.2) is 8.42 Å². The Balaban J connectivity index is 2.28. The van der Waals surface area contributed by atoms with Crippen molar-refractivity contribution in [1.82, 2.24) is 9.78 Å². The molecule has 0 spiro atoms. The molecule has 17 heavy (non-hydrogen) atoms. The van der Waals surface area contributed by atoms with Crippen molar-refractivity contribution in [3.8, 4) is 0 Å². The molecule has 1 aromatic carbocycles. The van der Waals surface area contributed by atoms with Crippen LogP contribution >= 0.6 is 0 Å². The minimum absolute atomic E-state index is 0.166. The van der Waals surface area contributed by atoms with Crippen LogP contribution in [0.2, 0.25) is 0 Å². The predicted molar refractivity (Wildman–Crippen MR) is 60.5 cm³/mol. The molecular weight excluding hydrogens is 240 g/mol. The predicted octanol–water partition coefficient (Wildman–Crippen LogP) is 0.542. The number of rotatable bonds is 3. The highest BCUT2D eigenvalue weighted by Gasteiger charge is 2.06. The summed E-state index contributed by atoms with van der Waals surface area (Å²) in [5.41, 5.74) is 0.998. The van der Waals surface area contributed by atoms with E-state index < -0.39 is 10.0 Å². The topological polar surface area (TPSA) is 69.9 Å². The van der Waals surface area contributed by atoms with Crippen molar-refractivity contribution in [1.29, 1.82) is 0 Å². The van der Waals surface area contributed by atoms with Crippen LogP contribution in [0.4, 0.5) is 0 Å². The van der Waals surface area contributed by atoms with Gasteiger partial charge in [-0.05, 0) is 19.1 Å². The molecule has 0 radical (unpaired) electrons. The highest BCUT2D eigenvalue weighted by atomic mass is 32.2. The Hall–Kier alpha value is -1.89. The number of benzene rings is 1. The highest BCUT2D eigenvalue weighted by Crippen LogP contribution is 2.14. The molecular formula is C10H12N4O2S. The fraction of sp³-hybridized carbons (Fsp3) is 0.200. The quantitative estimate of drug-likeness (QED) is 0.749. The second kappa shape index (κ2) is 4.17. The summed E-state index contributed by atoms with van der Waals surface area (Å²) in [6, 6.07) is 6.53. The van der Waals surface area contributed by atoms with Gasteiger partial charge in [-0.15, -0.1) is 4.68 Å². The van der Waals surface area contributed by atoms with Gasteiger partial charge in [-0.1, -0.05) is 17.7 Å². The number of sulfonamides is 1. The molecule has 0 aliphatic heterocycles. The first kappa shape index (κ1) is 11.6. The number of nitrogens with zero attached hydrogens (tertiary/aromatic N) is 4. The smallest absolute Gasteiger partial charge is 0.255 e. The Labute approximate surface area is 99.5 Å². The van der Waals surface area contributed by atoms with Gasteiger partial charge in [0.25, 0.3) is 6.33 Å². The molecule has 2 aromatic rings. The van der Waals surface area contributed by atoms with Gasteiger partial charge in [0.2, 0.25) is 6.33 Å². The number of hydrogen-bond acceptors (Lipinski definition) is 3. The summed E-state index contributed by atoms with van der Waals surface area (Å²) < 4.78 is 26.4. The first-order chi connectivity index (χ1) is 7.97. The molecule has 0 aliphatic rings. The molecule has 0 bridgehead atoms. The fourth-order valence-electron chi connectivity index (χ4n) is 1.29. The molecule has 0 unspecified atom stereocenters. The summed E-state index contributed by atoms with van der Waals surface area (Å²) in [4.78, 5) is 3.78. The molecule has 1 heterocycles. The summed E-state index contributed by atoms with van der Waals surface area (Å²) >= 11 is 0. The van der Waals surface area contributed by atoms with Crippen molar-refractivity contribution in [3.63, 3.8) is 0 Å². The van der Waals surface area contributed by atoms with Crippen molar-refractivity contribution in [2.24, 2.45) is 7.05 Å². The van der Waals surface area contributed by atoms with Crippen LogP contribution in [0.25, 0.3) is 4.83 Å². The van der Waals surface area contributed by atoms with Crippen LogP contribution in [-0.2, 0) is 17.1 Å². The minimum Gasteiger partial charge on any atom is -0.439 e. The molecule has 0 aliphatic carbocycles. The zero-order chi connectivity index (χ0) is 12.5. The van der Waals surface area contributed by atoms with Crippen LogP contribution in [0.1, 0.15) is 5.56 Å². The van der Waals surface area contributed by atoms with E-state index in [1.54, 1.807) is 19.2 Å². The van der Waals surface area contributed by atoms with Crippen LogP contribution in [-0.4, -0.2) is 18.2 Å². The second-order valence-corrected chi connectivity index (χ2v) is 5.25. The molecule has 0 atom stereocenters. The first-order valence-electron chi connectivity index (χ1n) is 4.92. The van der Waals surface area contributed by atoms with Crippen molar-refractivity contribution in [2.45, 2.75) is 11.8 Å². The Bertz CT molecular complexity index is 616. The van der Waals surface area contributed by atoms with E-state index in [2.05, 4.69) is 9.93 Å². The van der Waals surface area contributed by atoms with E-state index in [0.717, 1.165) is 10.2 Å². The Kier molecular flexibility index (Phi) is 2.84. The van der Waals surface area contributed by atoms with Gasteiger partial charge in [0, 0.05) is 5.10 Å². The van der Waals surface area contributed by atoms with Crippen molar-refractivity contribution in [3.05, 3.63) is 47.3 Å². The number of aryl methyl sites for hydroxylation is 2. The van der Waals surface area contributed by atoms with E-state index in [9.17, 15) is 8.42 Å². The average Bonchev–Trinajstić information content (AvgIpc) is 2.63. The Morgan fingerprint density at radius 1 is 1.29 bits per heavy atom. The second-order valence-electron chi connectivity index (χ2n) is 3.67. The molecule has 0 amide bonds. The lowest BCUT2D eigenvalue weighted by Gasteiger charge is -2.17. The van der Waals surface area contributed by atoms with Crippen LogP contribution in [0.5, 0.6) is 0 Å². The van der Waals surface area contributed by atoms with Crippen molar-refractivity contribution in [2.75, 3.05) is 0 Å². The minimum atomic E-state index is -3.68. The van der Waals surface area contributed by atoms with Gasteiger partial charge in [0.15, 0.2) is 0 Å². The van der Waals surface area contributed by atoms with Crippen molar-refractivity contribution >= 4 is 10.0 Å². The lowest BCUT2D eigenvalue weighted by Crippen LogP contribution is -2.29. The normalized spacial score (nSPS) is 11.4. The third-order valence-electron chi connectivity index (χ3n) is 2.16. The van der Waals surface area contributed by atoms with Crippen LogP contribution in [0, 0.1) is 6.92 Å². The molecule has 2 rings (SSSR count). The summed E-state index contributed by atoms with van der Waals surface area (Å²) in [6.07, 6.45) is 2.79. The van der Waals surface area contributed by atoms with E-state index in [-0.39, 0.29) is 4.90 Å². The fourth-order valence-corrected chi connectivity index (χ4v) is 2.20. The zero-order valence-corrected chi connectivity index (χ0v) is 10.3. The van der Waals surface area contributed by atoms with Gasteiger partial charge in [0.1, 0.15) is 10.0 Å². The molecule has 0 N–H and O–H groups in total. The summed E-state index contributed by atoms with van der Waals surface area (Å²) in [7, 11) is -2.00. The molecule has 6 nitrogen and oxygen atoms in total. The Morgan fingerprint density at radius 3 is 2.47 bits per heavy atom. The lowest BCUT2D eigenvalue weighted by atomic mass is 10.2. The highest BCUT2D eigenvalue weighted by molar-refractivity contribution is 7.93. The number of hydrogen-bond donors (Lipinski definition) is 0.